The molecule has 0 aromatic carbocycles. The van der Waals surface area contributed by atoms with Gasteiger partial charge >= 0.3 is 0 Å². The first-order valence-corrected chi connectivity index (χ1v) is 12.4. The number of hydrogen-bond acceptors (Lipinski definition) is 5. The van der Waals surface area contributed by atoms with Gasteiger partial charge in [0.15, 0.2) is 5.96 Å². The van der Waals surface area contributed by atoms with Crippen LogP contribution in [0.1, 0.15) is 51.9 Å². The number of halogens is 1. The highest BCUT2D eigenvalue weighted by Gasteiger charge is 2.23. The number of unbranched alkanes of at least 4 members (excludes halogenated alkanes) is 1. The number of ether oxygens (including phenoxy) is 2. The fourth-order valence-corrected chi connectivity index (χ4v) is 4.74. The van der Waals surface area contributed by atoms with Crippen LogP contribution in [-0.2, 0) is 9.47 Å². The minimum absolute atomic E-state index is 0. The van der Waals surface area contributed by atoms with Crippen molar-refractivity contribution in [2.24, 2.45) is 4.99 Å². The third-order valence-corrected chi connectivity index (χ3v) is 6.84. The van der Waals surface area contributed by atoms with E-state index in [4.69, 9.17) is 9.47 Å². The molecule has 3 heterocycles. The van der Waals surface area contributed by atoms with Gasteiger partial charge in [0.25, 0.3) is 0 Å². The van der Waals surface area contributed by atoms with Crippen molar-refractivity contribution in [1.29, 1.82) is 0 Å². The van der Waals surface area contributed by atoms with Gasteiger partial charge in [0.05, 0.1) is 18.8 Å². The predicted octanol–water partition coefficient (Wildman–Crippen LogP) is 2.65. The molecule has 3 rings (SSSR count). The highest BCUT2D eigenvalue weighted by Crippen LogP contribution is 2.18. The van der Waals surface area contributed by atoms with Crippen molar-refractivity contribution in [3.8, 4) is 0 Å². The highest BCUT2D eigenvalue weighted by molar-refractivity contribution is 14.0. The molecule has 0 amide bonds. The topological polar surface area (TPSA) is 52.6 Å². The number of piperidine rings is 1. The summed E-state index contributed by atoms with van der Waals surface area (Å²) in [5, 5.41) is 3.58. The second-order valence-electron chi connectivity index (χ2n) is 8.97. The summed E-state index contributed by atoms with van der Waals surface area (Å²) in [7, 11) is 1.90. The molecular weight excluding hydrogens is 505 g/mol. The van der Waals surface area contributed by atoms with Gasteiger partial charge in [-0.25, -0.2) is 0 Å². The van der Waals surface area contributed by atoms with Crippen molar-refractivity contribution < 1.29 is 9.47 Å². The summed E-state index contributed by atoms with van der Waals surface area (Å²) in [5.41, 5.74) is 0. The van der Waals surface area contributed by atoms with Gasteiger partial charge in [-0.05, 0) is 58.0 Å². The third kappa shape index (κ3) is 9.70. The van der Waals surface area contributed by atoms with E-state index in [2.05, 4.69) is 31.9 Å². The molecule has 3 saturated heterocycles. The maximum Gasteiger partial charge on any atom is 0.193 e. The first kappa shape index (κ1) is 27.1. The largest absolute Gasteiger partial charge is 0.376 e. The van der Waals surface area contributed by atoms with E-state index in [9.17, 15) is 0 Å². The Bertz CT molecular complexity index is 488. The molecule has 0 aliphatic carbocycles. The second-order valence-corrected chi connectivity index (χ2v) is 8.97. The molecule has 0 aromatic heterocycles. The van der Waals surface area contributed by atoms with E-state index in [1.54, 1.807) is 0 Å². The van der Waals surface area contributed by atoms with Crippen LogP contribution in [0.15, 0.2) is 4.99 Å². The average molecular weight is 552 g/mol. The number of piperazine rings is 1. The van der Waals surface area contributed by atoms with E-state index in [1.807, 2.05) is 7.05 Å². The summed E-state index contributed by atoms with van der Waals surface area (Å²) in [5.74, 6) is 1.06. The smallest absolute Gasteiger partial charge is 0.193 e. The molecule has 8 heteroatoms. The number of likely N-dealkylation sites (tertiary alicyclic amines) is 1. The van der Waals surface area contributed by atoms with E-state index in [-0.39, 0.29) is 24.0 Å². The van der Waals surface area contributed by atoms with E-state index in [0.29, 0.717) is 12.2 Å². The maximum atomic E-state index is 6.15. The predicted molar refractivity (Wildman–Crippen MR) is 139 cm³/mol. The van der Waals surface area contributed by atoms with Crippen molar-refractivity contribution in [2.45, 2.75) is 64.1 Å². The SMILES string of the molecule is CCN1CCN(CCCCNC(=NC)N2CCC(OCC3CCCCO3)CC2)CC1.I. The summed E-state index contributed by atoms with van der Waals surface area (Å²) in [6, 6.07) is 0. The van der Waals surface area contributed by atoms with Gasteiger partial charge in [-0.15, -0.1) is 24.0 Å². The lowest BCUT2D eigenvalue weighted by Gasteiger charge is -2.35. The molecule has 0 bridgehead atoms. The van der Waals surface area contributed by atoms with Crippen molar-refractivity contribution in [3.63, 3.8) is 0 Å². The lowest BCUT2D eigenvalue weighted by molar-refractivity contribution is -0.0721. The summed E-state index contributed by atoms with van der Waals surface area (Å²) in [6.07, 6.45) is 8.96. The van der Waals surface area contributed by atoms with Gasteiger partial charge in [0.1, 0.15) is 0 Å². The van der Waals surface area contributed by atoms with E-state index in [0.717, 1.165) is 58.1 Å². The van der Waals surface area contributed by atoms with Gasteiger partial charge in [-0.1, -0.05) is 6.92 Å². The normalized spacial score (nSPS) is 24.8. The molecule has 0 aromatic rings. The molecule has 1 atom stereocenters. The molecule has 1 N–H and O–H groups in total. The van der Waals surface area contributed by atoms with Crippen molar-refractivity contribution in [2.75, 3.05) is 79.2 Å². The van der Waals surface area contributed by atoms with E-state index < -0.39 is 0 Å². The van der Waals surface area contributed by atoms with Crippen molar-refractivity contribution in [1.82, 2.24) is 20.0 Å². The minimum atomic E-state index is 0. The summed E-state index contributed by atoms with van der Waals surface area (Å²) in [4.78, 5) is 12.1. The molecule has 3 aliphatic rings. The van der Waals surface area contributed by atoms with Crippen molar-refractivity contribution in [3.05, 3.63) is 0 Å². The first-order valence-electron chi connectivity index (χ1n) is 12.4. The molecular formula is C23H46IN5O2. The number of likely N-dealkylation sites (N-methyl/N-ethyl adjacent to an activating group) is 1. The van der Waals surface area contributed by atoms with Crippen LogP contribution in [0.3, 0.4) is 0 Å². The molecule has 3 fully saturated rings. The monoisotopic (exact) mass is 551 g/mol. The van der Waals surface area contributed by atoms with Crippen LogP contribution in [0.2, 0.25) is 0 Å². The molecule has 1 unspecified atom stereocenters. The van der Waals surface area contributed by atoms with Gasteiger partial charge in [0, 0.05) is 59.5 Å². The van der Waals surface area contributed by atoms with E-state index in [1.165, 1.54) is 65.0 Å². The fourth-order valence-electron chi connectivity index (χ4n) is 4.74. The molecule has 3 aliphatic heterocycles. The number of hydrogen-bond donors (Lipinski definition) is 1. The van der Waals surface area contributed by atoms with Crippen LogP contribution in [0.25, 0.3) is 0 Å². The zero-order valence-corrected chi connectivity index (χ0v) is 22.2. The second kappa shape index (κ2) is 15.6. The summed E-state index contributed by atoms with van der Waals surface area (Å²) >= 11 is 0. The van der Waals surface area contributed by atoms with E-state index >= 15 is 0 Å². The Morgan fingerprint density at radius 3 is 2.39 bits per heavy atom. The Labute approximate surface area is 207 Å². The molecule has 7 nitrogen and oxygen atoms in total. The third-order valence-electron chi connectivity index (χ3n) is 6.84. The Morgan fingerprint density at radius 2 is 1.74 bits per heavy atom. The zero-order valence-electron chi connectivity index (χ0n) is 19.9. The van der Waals surface area contributed by atoms with Crippen LogP contribution in [0.4, 0.5) is 0 Å². The molecule has 0 radical (unpaired) electrons. The van der Waals surface area contributed by atoms with Gasteiger partial charge in [-0.2, -0.15) is 0 Å². The number of rotatable bonds is 9. The molecule has 31 heavy (non-hydrogen) atoms. The number of aliphatic imine (C=N–C) groups is 1. The number of nitrogens with zero attached hydrogens (tertiary/aromatic N) is 4. The van der Waals surface area contributed by atoms with Crippen LogP contribution in [0, 0.1) is 0 Å². The van der Waals surface area contributed by atoms with Gasteiger partial charge in [-0.3, -0.25) is 4.99 Å². The van der Waals surface area contributed by atoms with Crippen LogP contribution in [0.5, 0.6) is 0 Å². The van der Waals surface area contributed by atoms with Gasteiger partial charge in [0.2, 0.25) is 0 Å². The molecule has 0 saturated carbocycles. The average Bonchev–Trinajstić information content (AvgIpc) is 2.81. The van der Waals surface area contributed by atoms with Crippen LogP contribution >= 0.6 is 24.0 Å². The van der Waals surface area contributed by atoms with Crippen LogP contribution in [-0.4, -0.2) is 112 Å². The van der Waals surface area contributed by atoms with Crippen LogP contribution < -0.4 is 5.32 Å². The first-order chi connectivity index (χ1) is 14.8. The lowest BCUT2D eigenvalue weighted by atomic mass is 10.1. The quantitative estimate of drug-likeness (QED) is 0.206. The molecule has 0 spiro atoms. The van der Waals surface area contributed by atoms with Crippen molar-refractivity contribution >= 4 is 29.9 Å². The Hall–Kier alpha value is -0.160. The lowest BCUT2D eigenvalue weighted by Crippen LogP contribution is -2.47. The Morgan fingerprint density at radius 1 is 1.00 bits per heavy atom. The number of guanidine groups is 1. The Balaban J connectivity index is 0.00000341. The number of nitrogens with one attached hydrogen (secondary N) is 1. The standard InChI is InChI=1S/C23H45N5O2.HI/c1-3-26-15-17-27(18-16-26)12-6-5-11-25-23(24-2)28-13-9-21(10-14-28)30-20-22-8-4-7-19-29-22;/h21-22H,3-20H2,1-2H3,(H,24,25);1H. The minimum Gasteiger partial charge on any atom is -0.376 e. The summed E-state index contributed by atoms with van der Waals surface area (Å²) in [6.45, 7) is 14.3. The highest BCUT2D eigenvalue weighted by atomic mass is 127. The van der Waals surface area contributed by atoms with Gasteiger partial charge < -0.3 is 29.5 Å². The Kier molecular flexibility index (Phi) is 13.7. The maximum absolute atomic E-state index is 6.15. The zero-order chi connectivity index (χ0) is 21.0. The molecule has 182 valence electrons. The summed E-state index contributed by atoms with van der Waals surface area (Å²) < 4.78 is 11.9. The fraction of sp³-hybridized carbons (Fsp3) is 0.957.